The molecule has 0 aliphatic rings. The third-order valence-corrected chi connectivity index (χ3v) is 6.70. The molecular weight excluding hydrogens is 644 g/mol. The zero-order valence-electron chi connectivity index (χ0n) is 21.6. The van der Waals surface area contributed by atoms with Crippen LogP contribution in [0.1, 0.15) is 16.8 Å². The number of carbonyl (C=O) groups is 1. The minimum atomic E-state index is -4.65. The second-order valence-electron chi connectivity index (χ2n) is 9.16. The van der Waals surface area contributed by atoms with E-state index >= 15 is 0 Å². The first-order valence-electron chi connectivity index (χ1n) is 11.3. The lowest BCUT2D eigenvalue weighted by atomic mass is 9.96. The number of aromatic nitrogens is 1. The van der Waals surface area contributed by atoms with E-state index in [1.807, 2.05) is 0 Å². The number of aliphatic hydroxyl groups is 8. The summed E-state index contributed by atoms with van der Waals surface area (Å²) in [5.74, 6) is -34.2. The minimum absolute atomic E-state index is 0.287. The number of hydrogen-bond donors (Lipinski definition) is 21. The molecule has 23 nitrogen and oxygen atoms in total. The van der Waals surface area contributed by atoms with E-state index < -0.39 is 120 Å². The van der Waals surface area contributed by atoms with Crippen LogP contribution in [-0.4, -0.2) is 115 Å². The SMILES string of the molecule is Nc1nc(C(O)(O)C(=O)Nc2c(O)c(O)c(C(O)(O)C(O)(O)NC(O)(O)Cc3c(O)c(O)c(O)c(O)c3O)c(O)c2O)c(O)s1. The lowest BCUT2D eigenvalue weighted by Gasteiger charge is -2.40. The van der Waals surface area contributed by atoms with Crippen LogP contribution in [0, 0.1) is 0 Å². The molecule has 45 heavy (non-hydrogen) atoms. The average Bonchev–Trinajstić information content (AvgIpc) is 3.27. The minimum Gasteiger partial charge on any atom is -0.504 e. The molecule has 3 aromatic rings. The maximum atomic E-state index is 12.5. The number of carbonyl (C=O) groups excluding carboxylic acids is 1. The molecule has 0 aliphatic carbocycles. The van der Waals surface area contributed by atoms with Crippen LogP contribution >= 0.6 is 11.3 Å². The van der Waals surface area contributed by atoms with Crippen LogP contribution in [0.3, 0.4) is 0 Å². The molecule has 248 valence electrons. The van der Waals surface area contributed by atoms with Gasteiger partial charge in [-0.25, -0.2) is 10.3 Å². The monoisotopic (exact) mass is 668 g/mol. The van der Waals surface area contributed by atoms with Gasteiger partial charge in [-0.15, -0.1) is 0 Å². The van der Waals surface area contributed by atoms with Crippen molar-refractivity contribution in [3.05, 3.63) is 16.8 Å². The molecule has 0 unspecified atom stereocenters. The van der Waals surface area contributed by atoms with E-state index in [0.717, 1.165) is 5.32 Å². The number of thiazole rings is 1. The normalized spacial score (nSPS) is 12.8. The maximum Gasteiger partial charge on any atom is 0.294 e. The van der Waals surface area contributed by atoms with Gasteiger partial charge in [0, 0.05) is 6.42 Å². The Kier molecular flexibility index (Phi) is 8.31. The number of nitrogens with two attached hydrogens (primary N) is 1. The maximum absolute atomic E-state index is 12.5. The van der Waals surface area contributed by atoms with Crippen LogP contribution in [0.15, 0.2) is 0 Å². The smallest absolute Gasteiger partial charge is 0.294 e. The highest BCUT2D eigenvalue weighted by Gasteiger charge is 2.57. The van der Waals surface area contributed by atoms with Gasteiger partial charge in [0.25, 0.3) is 23.4 Å². The second kappa shape index (κ2) is 10.9. The highest BCUT2D eigenvalue weighted by Crippen LogP contribution is 2.55. The molecule has 0 atom stereocenters. The molecule has 2 aromatic carbocycles. The summed E-state index contributed by atoms with van der Waals surface area (Å²) in [4.78, 5) is 15.8. The zero-order chi connectivity index (χ0) is 34.8. The quantitative estimate of drug-likeness (QED) is 0.0575. The van der Waals surface area contributed by atoms with Gasteiger partial charge in [0.1, 0.15) is 11.3 Å². The number of nitrogens with zero attached hydrogens (tertiary/aromatic N) is 1. The average molecular weight is 668 g/mol. The first-order valence-corrected chi connectivity index (χ1v) is 12.1. The number of phenolic OH excluding ortho intramolecular Hbond substituents is 9. The fourth-order valence-corrected chi connectivity index (χ4v) is 4.36. The van der Waals surface area contributed by atoms with E-state index in [4.69, 9.17) is 5.73 Å². The molecule has 1 aromatic heterocycles. The van der Waals surface area contributed by atoms with E-state index in [1.165, 1.54) is 5.32 Å². The molecule has 0 spiro atoms. The third kappa shape index (κ3) is 5.67. The van der Waals surface area contributed by atoms with Crippen molar-refractivity contribution in [2.75, 3.05) is 11.1 Å². The molecule has 22 N–H and O–H groups in total. The number of benzene rings is 2. The van der Waals surface area contributed by atoms with Gasteiger partial charge in [-0.05, 0) is 0 Å². The summed E-state index contributed by atoms with van der Waals surface area (Å²) < 4.78 is 0. The van der Waals surface area contributed by atoms with Gasteiger partial charge in [0.15, 0.2) is 45.3 Å². The fraction of sp³-hybridized carbons (Fsp3) is 0.238. The van der Waals surface area contributed by atoms with Gasteiger partial charge in [-0.1, -0.05) is 11.3 Å². The number of aromatic hydroxyl groups is 10. The number of hydrogen-bond acceptors (Lipinski definition) is 23. The number of nitrogen functional groups attached to an aromatic ring is 1. The molecule has 1 amide bonds. The van der Waals surface area contributed by atoms with Gasteiger partial charge in [0.2, 0.25) is 28.2 Å². The first kappa shape index (κ1) is 34.5. The summed E-state index contributed by atoms with van der Waals surface area (Å²) in [6.45, 7) is 0. The summed E-state index contributed by atoms with van der Waals surface area (Å²) in [7, 11) is 0. The van der Waals surface area contributed by atoms with Crippen LogP contribution in [0.25, 0.3) is 0 Å². The van der Waals surface area contributed by atoms with Crippen LogP contribution in [-0.2, 0) is 22.8 Å². The predicted octanol–water partition coefficient (Wildman–Crippen LogP) is -5.20. The number of anilines is 2. The number of phenols is 9. The van der Waals surface area contributed by atoms with Crippen molar-refractivity contribution in [2.45, 2.75) is 29.8 Å². The highest BCUT2D eigenvalue weighted by atomic mass is 32.1. The Morgan fingerprint density at radius 1 is 0.689 bits per heavy atom. The largest absolute Gasteiger partial charge is 0.504 e. The van der Waals surface area contributed by atoms with Crippen molar-refractivity contribution < 1.29 is 96.7 Å². The molecule has 0 aliphatic heterocycles. The van der Waals surface area contributed by atoms with Crippen molar-refractivity contribution in [2.24, 2.45) is 0 Å². The molecular formula is C21H24N4O19S. The topological polar surface area (TPSA) is 444 Å². The standard InChI is InChI=1S/C21H24N4O19S/c22-17-24-14(15(35)45-17)19(39,40)16(36)23-4-9(30)7(28)3(8(29)10(4)31)20(41,42)21(43,44)25-18(37,38)1-2-5(26)11(32)13(34)12(33)6(2)27/h25-35,37-44H,1H2,(H2,22,24)(H,23,36). The van der Waals surface area contributed by atoms with Crippen LogP contribution in [0.2, 0.25) is 0 Å². The number of amides is 1. The van der Waals surface area contributed by atoms with Gasteiger partial charge in [0.05, 0.1) is 5.56 Å². The molecule has 0 radical (unpaired) electrons. The van der Waals surface area contributed by atoms with Crippen molar-refractivity contribution >= 4 is 28.1 Å². The van der Waals surface area contributed by atoms with Crippen LogP contribution in [0.4, 0.5) is 10.8 Å². The Morgan fingerprint density at radius 3 is 1.56 bits per heavy atom. The Labute approximate surface area is 249 Å². The summed E-state index contributed by atoms with van der Waals surface area (Å²) >= 11 is 0.287. The van der Waals surface area contributed by atoms with Gasteiger partial charge >= 0.3 is 0 Å². The third-order valence-electron chi connectivity index (χ3n) is 6.01. The van der Waals surface area contributed by atoms with Crippen molar-refractivity contribution in [1.29, 1.82) is 0 Å². The molecule has 0 fully saturated rings. The zero-order valence-corrected chi connectivity index (χ0v) is 22.4. The Hall–Kier alpha value is -5.02. The molecule has 0 bridgehead atoms. The van der Waals surface area contributed by atoms with Gasteiger partial charge < -0.3 is 103 Å². The van der Waals surface area contributed by atoms with Gasteiger partial charge in [-0.3, -0.25) is 4.79 Å². The number of rotatable bonds is 9. The molecule has 0 saturated heterocycles. The summed E-state index contributed by atoms with van der Waals surface area (Å²) in [6.07, 6.45) is -1.70. The van der Waals surface area contributed by atoms with E-state index in [2.05, 4.69) is 4.98 Å². The fourth-order valence-electron chi connectivity index (χ4n) is 3.74. The lowest BCUT2D eigenvalue weighted by Crippen LogP contribution is -2.68. The van der Waals surface area contributed by atoms with Crippen molar-refractivity contribution in [1.82, 2.24) is 10.3 Å². The highest BCUT2D eigenvalue weighted by molar-refractivity contribution is 7.17. The van der Waals surface area contributed by atoms with Crippen LogP contribution < -0.4 is 16.4 Å². The van der Waals surface area contributed by atoms with Gasteiger partial charge in [-0.2, -0.15) is 0 Å². The number of nitrogens with one attached hydrogen (secondary N) is 2. The molecule has 0 saturated carbocycles. The van der Waals surface area contributed by atoms with Crippen LogP contribution in [0.5, 0.6) is 56.8 Å². The molecule has 24 heteroatoms. The summed E-state index contributed by atoms with van der Waals surface area (Å²) in [5.41, 5.74) is -0.620. The van der Waals surface area contributed by atoms with E-state index in [-0.39, 0.29) is 11.3 Å². The predicted molar refractivity (Wildman–Crippen MR) is 138 cm³/mol. The lowest BCUT2D eigenvalue weighted by molar-refractivity contribution is -0.407. The molecule has 1 heterocycles. The Morgan fingerprint density at radius 2 is 1.13 bits per heavy atom. The Balaban J connectivity index is 2.01. The first-order chi connectivity index (χ1) is 20.3. The molecule has 3 rings (SSSR count). The van der Waals surface area contributed by atoms with E-state index in [1.54, 1.807) is 0 Å². The van der Waals surface area contributed by atoms with E-state index in [0.29, 0.717) is 0 Å². The van der Waals surface area contributed by atoms with Crippen molar-refractivity contribution in [3.8, 4) is 56.8 Å². The van der Waals surface area contributed by atoms with Crippen molar-refractivity contribution in [3.63, 3.8) is 0 Å². The summed E-state index contributed by atoms with van der Waals surface area (Å²) in [6, 6.07) is 0. The summed E-state index contributed by atoms with van der Waals surface area (Å²) in [5, 5.41) is 182. The van der Waals surface area contributed by atoms with E-state index in [9.17, 15) is 96.7 Å². The Bertz CT molecular complexity index is 1630. The second-order valence-corrected chi connectivity index (χ2v) is 10.2.